The largest absolute Gasteiger partial charge is 0.459 e. The molecule has 3 fully saturated rings. The lowest BCUT2D eigenvalue weighted by atomic mass is 9.83. The van der Waals surface area contributed by atoms with Crippen LogP contribution in [0.1, 0.15) is 33.1 Å². The van der Waals surface area contributed by atoms with Crippen molar-refractivity contribution in [3.05, 3.63) is 12.2 Å². The second-order valence-electron chi connectivity index (χ2n) is 6.70. The van der Waals surface area contributed by atoms with Gasteiger partial charge in [0.15, 0.2) is 0 Å². The van der Waals surface area contributed by atoms with Gasteiger partial charge in [-0.15, -0.1) is 0 Å². The van der Waals surface area contributed by atoms with Gasteiger partial charge >= 0.3 is 5.97 Å². The number of carbonyl (C=O) groups is 1. The molecule has 0 aliphatic heterocycles. The van der Waals surface area contributed by atoms with E-state index in [0.29, 0.717) is 17.8 Å². The summed E-state index contributed by atoms with van der Waals surface area (Å²) in [6.45, 7) is 3.64. The predicted molar refractivity (Wildman–Crippen MR) is 65.8 cm³/mol. The third-order valence-electron chi connectivity index (χ3n) is 6.35. The number of carbonyl (C=O) groups excluding carboxylic acids is 1. The Bertz CT molecular complexity index is 470. The van der Waals surface area contributed by atoms with Gasteiger partial charge in [0.2, 0.25) is 0 Å². The van der Waals surface area contributed by atoms with E-state index in [9.17, 15) is 4.79 Å². The van der Waals surface area contributed by atoms with E-state index in [1.54, 1.807) is 0 Å². The summed E-state index contributed by atoms with van der Waals surface area (Å²) in [5.41, 5.74) is 0.0477. The molecule has 4 rings (SSSR count). The van der Waals surface area contributed by atoms with Crippen LogP contribution in [0.2, 0.25) is 0 Å². The van der Waals surface area contributed by atoms with Crippen LogP contribution in [-0.2, 0) is 14.3 Å². The molecule has 0 aromatic heterocycles. The molecular formula is C15H20O3. The van der Waals surface area contributed by atoms with E-state index in [1.807, 2.05) is 7.11 Å². The summed E-state index contributed by atoms with van der Waals surface area (Å²) in [5, 5.41) is 0. The summed E-state index contributed by atoms with van der Waals surface area (Å²) in [6.07, 6.45) is 7.92. The maximum absolute atomic E-state index is 11.4. The minimum absolute atomic E-state index is 0.0512. The first-order valence-electron chi connectivity index (χ1n) is 6.94. The predicted octanol–water partition coefficient (Wildman–Crippen LogP) is 2.31. The molecule has 3 heteroatoms. The van der Waals surface area contributed by atoms with Crippen molar-refractivity contribution in [2.24, 2.45) is 23.2 Å². The van der Waals surface area contributed by atoms with E-state index in [0.717, 1.165) is 19.3 Å². The SMILES string of the molecule is CO[C@]12C3C=C[C@H]1C[C@H]1C32CC[C@@]1(C)OC(C)=O. The zero-order valence-electron chi connectivity index (χ0n) is 11.2. The van der Waals surface area contributed by atoms with Gasteiger partial charge in [-0.3, -0.25) is 4.79 Å². The Morgan fingerprint density at radius 2 is 2.11 bits per heavy atom. The third kappa shape index (κ3) is 0.841. The van der Waals surface area contributed by atoms with E-state index in [1.165, 1.54) is 6.92 Å². The van der Waals surface area contributed by atoms with E-state index in [2.05, 4.69) is 19.1 Å². The summed E-state index contributed by atoms with van der Waals surface area (Å²) in [7, 11) is 1.85. The average Bonchev–Trinajstić information content (AvgIpc) is 2.53. The van der Waals surface area contributed by atoms with Gasteiger partial charge in [0.1, 0.15) is 5.60 Å². The van der Waals surface area contributed by atoms with Crippen LogP contribution in [0.5, 0.6) is 0 Å². The second kappa shape index (κ2) is 2.84. The zero-order chi connectivity index (χ0) is 12.8. The Morgan fingerprint density at radius 1 is 1.33 bits per heavy atom. The summed E-state index contributed by atoms with van der Waals surface area (Å²) < 4.78 is 11.7. The number of rotatable bonds is 2. The fraction of sp³-hybridized carbons (Fsp3) is 0.800. The van der Waals surface area contributed by atoms with Crippen molar-refractivity contribution in [1.82, 2.24) is 0 Å². The van der Waals surface area contributed by atoms with Crippen molar-refractivity contribution in [3.63, 3.8) is 0 Å². The molecule has 0 saturated heterocycles. The summed E-state index contributed by atoms with van der Waals surface area (Å²) >= 11 is 0. The van der Waals surface area contributed by atoms with Crippen LogP contribution in [0, 0.1) is 23.2 Å². The molecule has 0 amide bonds. The van der Waals surface area contributed by atoms with Crippen LogP contribution in [0.3, 0.4) is 0 Å². The third-order valence-corrected chi connectivity index (χ3v) is 6.35. The Morgan fingerprint density at radius 3 is 2.72 bits per heavy atom. The Balaban J connectivity index is 1.74. The van der Waals surface area contributed by atoms with Crippen LogP contribution in [0.15, 0.2) is 12.2 Å². The minimum Gasteiger partial charge on any atom is -0.459 e. The fourth-order valence-corrected chi connectivity index (χ4v) is 5.94. The quantitative estimate of drug-likeness (QED) is 0.555. The molecule has 0 aromatic carbocycles. The van der Waals surface area contributed by atoms with Gasteiger partial charge in [-0.2, -0.15) is 0 Å². The molecule has 1 spiro atoms. The second-order valence-corrected chi connectivity index (χ2v) is 6.70. The Kier molecular flexibility index (Phi) is 1.74. The molecule has 3 nitrogen and oxygen atoms in total. The fourth-order valence-electron chi connectivity index (χ4n) is 5.94. The number of esters is 1. The standard InChI is InChI=1S/C15H20O3/c1-9(16)18-13(2)6-7-14-11-5-4-10(8-12(13)14)15(11,14)17-3/h4-5,10-12H,6-8H2,1-3H3/t10-,11?,12+,13+,14?,15-/m0/s1. The van der Waals surface area contributed by atoms with Gasteiger partial charge in [0, 0.05) is 37.2 Å². The summed E-state index contributed by atoms with van der Waals surface area (Å²) in [6, 6.07) is 0. The van der Waals surface area contributed by atoms with Crippen LogP contribution < -0.4 is 0 Å². The molecule has 0 aromatic rings. The number of hydrogen-bond acceptors (Lipinski definition) is 3. The minimum atomic E-state index is -0.273. The van der Waals surface area contributed by atoms with E-state index in [4.69, 9.17) is 9.47 Å². The highest BCUT2D eigenvalue weighted by Gasteiger charge is 2.90. The normalized spacial score (nSPS) is 58.5. The first-order valence-corrected chi connectivity index (χ1v) is 6.94. The van der Waals surface area contributed by atoms with E-state index >= 15 is 0 Å². The molecule has 0 radical (unpaired) electrons. The molecule has 4 aliphatic carbocycles. The molecule has 6 atom stereocenters. The lowest BCUT2D eigenvalue weighted by Crippen LogP contribution is -2.37. The Labute approximate surface area is 108 Å². The zero-order valence-corrected chi connectivity index (χ0v) is 11.2. The monoisotopic (exact) mass is 248 g/mol. The highest BCUT2D eigenvalue weighted by molar-refractivity contribution is 5.67. The summed E-state index contributed by atoms with van der Waals surface area (Å²) in [5.74, 6) is 1.42. The number of ether oxygens (including phenoxy) is 2. The molecule has 98 valence electrons. The smallest absolute Gasteiger partial charge is 0.303 e. The number of methoxy groups -OCH3 is 1. The van der Waals surface area contributed by atoms with E-state index in [-0.39, 0.29) is 22.6 Å². The topological polar surface area (TPSA) is 35.5 Å². The number of hydrogen-bond donors (Lipinski definition) is 0. The lowest BCUT2D eigenvalue weighted by molar-refractivity contribution is -0.160. The highest BCUT2D eigenvalue weighted by atomic mass is 16.6. The molecule has 0 N–H and O–H groups in total. The molecular weight excluding hydrogens is 228 g/mol. The van der Waals surface area contributed by atoms with Crippen molar-refractivity contribution in [1.29, 1.82) is 0 Å². The maximum Gasteiger partial charge on any atom is 0.303 e. The van der Waals surface area contributed by atoms with Crippen LogP contribution in [0.4, 0.5) is 0 Å². The first-order chi connectivity index (χ1) is 8.51. The average molecular weight is 248 g/mol. The van der Waals surface area contributed by atoms with Gasteiger partial charge in [-0.05, 0) is 26.2 Å². The van der Waals surface area contributed by atoms with Crippen LogP contribution in [0.25, 0.3) is 0 Å². The lowest BCUT2D eigenvalue weighted by Gasteiger charge is -2.32. The van der Waals surface area contributed by atoms with Gasteiger partial charge in [-0.1, -0.05) is 12.2 Å². The molecule has 3 saturated carbocycles. The van der Waals surface area contributed by atoms with Crippen LogP contribution >= 0.6 is 0 Å². The molecule has 0 bridgehead atoms. The summed E-state index contributed by atoms with van der Waals surface area (Å²) in [4.78, 5) is 11.4. The van der Waals surface area contributed by atoms with Gasteiger partial charge < -0.3 is 9.47 Å². The van der Waals surface area contributed by atoms with Crippen molar-refractivity contribution in [2.45, 2.75) is 44.3 Å². The molecule has 18 heavy (non-hydrogen) atoms. The van der Waals surface area contributed by atoms with Crippen molar-refractivity contribution < 1.29 is 14.3 Å². The van der Waals surface area contributed by atoms with Gasteiger partial charge in [0.05, 0.1) is 5.60 Å². The highest BCUT2D eigenvalue weighted by Crippen LogP contribution is 2.86. The van der Waals surface area contributed by atoms with Crippen molar-refractivity contribution in [2.75, 3.05) is 7.11 Å². The van der Waals surface area contributed by atoms with Crippen molar-refractivity contribution in [3.8, 4) is 0 Å². The van der Waals surface area contributed by atoms with Crippen molar-refractivity contribution >= 4 is 5.97 Å². The maximum atomic E-state index is 11.4. The first kappa shape index (κ1) is 11.0. The van der Waals surface area contributed by atoms with Crippen LogP contribution in [-0.4, -0.2) is 24.3 Å². The Hall–Kier alpha value is -0.830. The van der Waals surface area contributed by atoms with E-state index < -0.39 is 0 Å². The molecule has 4 aliphatic rings. The van der Waals surface area contributed by atoms with Gasteiger partial charge in [-0.25, -0.2) is 0 Å². The van der Waals surface area contributed by atoms with Gasteiger partial charge in [0.25, 0.3) is 0 Å². The molecule has 2 unspecified atom stereocenters. The molecule has 0 heterocycles.